The number of amides is 1. The van der Waals surface area contributed by atoms with E-state index in [0.717, 1.165) is 0 Å². The average Bonchev–Trinajstić information content (AvgIpc) is 2.59. The van der Waals surface area contributed by atoms with Gasteiger partial charge < -0.3 is 5.32 Å². The molecule has 0 bridgehead atoms. The van der Waals surface area contributed by atoms with Gasteiger partial charge in [-0.2, -0.15) is 0 Å². The van der Waals surface area contributed by atoms with Crippen molar-refractivity contribution >= 4 is 11.7 Å². The maximum absolute atomic E-state index is 13.3. The lowest BCUT2D eigenvalue weighted by molar-refractivity contribution is -0.120. The molecule has 1 N–H and O–H groups in total. The van der Waals surface area contributed by atoms with Crippen molar-refractivity contribution in [2.75, 3.05) is 6.54 Å². The minimum absolute atomic E-state index is 0.0711. The van der Waals surface area contributed by atoms with Gasteiger partial charge in [-0.3, -0.25) is 9.59 Å². The molecule has 23 heavy (non-hydrogen) atoms. The van der Waals surface area contributed by atoms with Crippen LogP contribution in [0.2, 0.25) is 0 Å². The summed E-state index contributed by atoms with van der Waals surface area (Å²) in [6.45, 7) is 0.118. The number of nitrogens with one attached hydrogen (secondary N) is 1. The Morgan fingerprint density at radius 3 is 2.39 bits per heavy atom. The molecule has 0 aliphatic heterocycles. The summed E-state index contributed by atoms with van der Waals surface area (Å²) in [6.07, 6.45) is 0.256. The minimum Gasteiger partial charge on any atom is -0.345 e. The Labute approximate surface area is 134 Å². The first-order chi connectivity index (χ1) is 11.2. The summed E-state index contributed by atoms with van der Waals surface area (Å²) < 4.78 is 13.3. The standard InChI is InChI=1S/C19H16FNO2/c20-17-11-5-4-7-15(17)10-6-14-21-19(23)13-12-18(22)16-8-2-1-3-9-16/h1-5,7-9,11H,12-14H2,(H,21,23). The topological polar surface area (TPSA) is 46.2 Å². The van der Waals surface area contributed by atoms with Crippen molar-refractivity contribution in [3.05, 3.63) is 71.5 Å². The molecule has 2 rings (SSSR count). The molecular weight excluding hydrogens is 293 g/mol. The first-order valence-electron chi connectivity index (χ1n) is 7.25. The predicted octanol–water partition coefficient (Wildman–Crippen LogP) is 2.96. The Bertz CT molecular complexity index is 745. The molecule has 0 aliphatic carbocycles. The van der Waals surface area contributed by atoms with Crippen LogP contribution < -0.4 is 5.32 Å². The number of ketones is 1. The molecule has 0 radical (unpaired) electrons. The van der Waals surface area contributed by atoms with Crippen LogP contribution >= 0.6 is 0 Å². The summed E-state index contributed by atoms with van der Waals surface area (Å²) >= 11 is 0. The third kappa shape index (κ3) is 5.40. The van der Waals surface area contributed by atoms with Crippen LogP contribution in [0.25, 0.3) is 0 Å². The Kier molecular flexibility index (Phi) is 6.07. The number of halogens is 1. The first-order valence-corrected chi connectivity index (χ1v) is 7.25. The molecule has 1 amide bonds. The van der Waals surface area contributed by atoms with Crippen molar-refractivity contribution in [2.45, 2.75) is 12.8 Å². The molecule has 0 atom stereocenters. The van der Waals surface area contributed by atoms with Gasteiger partial charge in [-0.15, -0.1) is 0 Å². The maximum Gasteiger partial charge on any atom is 0.221 e. The van der Waals surface area contributed by atoms with Crippen molar-refractivity contribution in [1.82, 2.24) is 5.32 Å². The van der Waals surface area contributed by atoms with Gasteiger partial charge in [0.05, 0.1) is 12.1 Å². The van der Waals surface area contributed by atoms with Crippen LogP contribution in [-0.4, -0.2) is 18.2 Å². The molecule has 0 fully saturated rings. The van der Waals surface area contributed by atoms with Gasteiger partial charge in [-0.1, -0.05) is 54.3 Å². The lowest BCUT2D eigenvalue weighted by Gasteiger charge is -2.01. The molecule has 0 aliphatic rings. The molecule has 2 aromatic rings. The molecule has 116 valence electrons. The lowest BCUT2D eigenvalue weighted by Crippen LogP contribution is -2.24. The van der Waals surface area contributed by atoms with Crippen LogP contribution in [0.1, 0.15) is 28.8 Å². The zero-order chi connectivity index (χ0) is 16.5. The second kappa shape index (κ2) is 8.50. The molecule has 4 heteroatoms. The van der Waals surface area contributed by atoms with Crippen LogP contribution in [0.4, 0.5) is 4.39 Å². The minimum atomic E-state index is -0.389. The van der Waals surface area contributed by atoms with Gasteiger partial charge >= 0.3 is 0 Å². The molecule has 0 saturated heterocycles. The smallest absolute Gasteiger partial charge is 0.221 e. The number of Topliss-reactive ketones (excluding diaryl/α,β-unsaturated/α-hetero) is 1. The predicted molar refractivity (Wildman–Crippen MR) is 86.3 cm³/mol. The number of benzene rings is 2. The molecule has 0 heterocycles. The summed E-state index contributed by atoms with van der Waals surface area (Å²) in [7, 11) is 0. The van der Waals surface area contributed by atoms with E-state index < -0.39 is 0 Å². The van der Waals surface area contributed by atoms with Crippen molar-refractivity contribution in [2.24, 2.45) is 0 Å². The Hall–Kier alpha value is -2.93. The van der Waals surface area contributed by atoms with Gasteiger partial charge in [-0.25, -0.2) is 4.39 Å². The molecule has 2 aromatic carbocycles. The Balaban J connectivity index is 1.74. The second-order valence-electron chi connectivity index (χ2n) is 4.85. The van der Waals surface area contributed by atoms with Crippen LogP contribution in [-0.2, 0) is 4.79 Å². The first kappa shape index (κ1) is 16.4. The summed E-state index contributed by atoms with van der Waals surface area (Å²) in [4.78, 5) is 23.5. The third-order valence-electron chi connectivity index (χ3n) is 3.15. The van der Waals surface area contributed by atoms with Crippen molar-refractivity contribution < 1.29 is 14.0 Å². The van der Waals surface area contributed by atoms with E-state index in [1.54, 1.807) is 42.5 Å². The quantitative estimate of drug-likeness (QED) is 0.682. The van der Waals surface area contributed by atoms with Crippen molar-refractivity contribution in [1.29, 1.82) is 0 Å². The van der Waals surface area contributed by atoms with E-state index in [2.05, 4.69) is 17.2 Å². The van der Waals surface area contributed by atoms with Gasteiger partial charge in [-0.05, 0) is 12.1 Å². The molecule has 0 unspecified atom stereocenters. The van der Waals surface area contributed by atoms with Crippen LogP contribution in [0.15, 0.2) is 54.6 Å². The monoisotopic (exact) mass is 309 g/mol. The van der Waals surface area contributed by atoms with Crippen molar-refractivity contribution in [3.63, 3.8) is 0 Å². The van der Waals surface area contributed by atoms with E-state index in [4.69, 9.17) is 0 Å². The fourth-order valence-electron chi connectivity index (χ4n) is 1.93. The van der Waals surface area contributed by atoms with E-state index in [9.17, 15) is 14.0 Å². The van der Waals surface area contributed by atoms with E-state index in [-0.39, 0.29) is 36.9 Å². The van der Waals surface area contributed by atoms with E-state index in [1.165, 1.54) is 6.07 Å². The van der Waals surface area contributed by atoms with E-state index in [0.29, 0.717) is 11.1 Å². The summed E-state index contributed by atoms with van der Waals surface area (Å²) in [5.41, 5.74) is 0.889. The average molecular weight is 309 g/mol. The zero-order valence-electron chi connectivity index (χ0n) is 12.5. The fraction of sp³-hybridized carbons (Fsp3) is 0.158. The van der Waals surface area contributed by atoms with Crippen molar-refractivity contribution in [3.8, 4) is 11.8 Å². The molecular formula is C19H16FNO2. The fourth-order valence-corrected chi connectivity index (χ4v) is 1.93. The second-order valence-corrected chi connectivity index (χ2v) is 4.85. The Morgan fingerprint density at radius 2 is 1.65 bits per heavy atom. The molecule has 0 saturated carbocycles. The SMILES string of the molecule is O=C(CCC(=O)c1ccccc1)NCC#Cc1ccccc1F. The molecule has 0 aromatic heterocycles. The van der Waals surface area contributed by atoms with Gasteiger partial charge in [0.15, 0.2) is 5.78 Å². The summed E-state index contributed by atoms with van der Waals surface area (Å²) in [6, 6.07) is 15.0. The van der Waals surface area contributed by atoms with Gasteiger partial charge in [0.25, 0.3) is 0 Å². The highest BCUT2D eigenvalue weighted by atomic mass is 19.1. The normalized spacial score (nSPS) is 9.61. The number of carbonyl (C=O) groups excluding carboxylic acids is 2. The highest BCUT2D eigenvalue weighted by Gasteiger charge is 2.08. The summed E-state index contributed by atoms with van der Waals surface area (Å²) in [5.74, 6) is 4.63. The lowest BCUT2D eigenvalue weighted by atomic mass is 10.1. The van der Waals surface area contributed by atoms with E-state index >= 15 is 0 Å². The van der Waals surface area contributed by atoms with E-state index in [1.807, 2.05) is 6.07 Å². The van der Waals surface area contributed by atoms with Crippen LogP contribution in [0.5, 0.6) is 0 Å². The highest BCUT2D eigenvalue weighted by Crippen LogP contribution is 2.05. The zero-order valence-corrected chi connectivity index (χ0v) is 12.5. The number of hydrogen-bond donors (Lipinski definition) is 1. The molecule has 3 nitrogen and oxygen atoms in total. The van der Waals surface area contributed by atoms with Crippen LogP contribution in [0, 0.1) is 17.7 Å². The van der Waals surface area contributed by atoms with Gasteiger partial charge in [0.2, 0.25) is 5.91 Å². The largest absolute Gasteiger partial charge is 0.345 e. The highest BCUT2D eigenvalue weighted by molar-refractivity contribution is 5.97. The summed E-state index contributed by atoms with van der Waals surface area (Å²) in [5, 5.41) is 2.59. The number of carbonyl (C=O) groups is 2. The van der Waals surface area contributed by atoms with Gasteiger partial charge in [0, 0.05) is 18.4 Å². The Morgan fingerprint density at radius 1 is 0.957 bits per heavy atom. The van der Waals surface area contributed by atoms with Crippen LogP contribution in [0.3, 0.4) is 0 Å². The number of hydrogen-bond acceptors (Lipinski definition) is 2. The third-order valence-corrected chi connectivity index (χ3v) is 3.15. The maximum atomic E-state index is 13.3. The number of rotatable bonds is 5. The van der Waals surface area contributed by atoms with Gasteiger partial charge in [0.1, 0.15) is 5.82 Å². The molecule has 0 spiro atoms.